The molecule has 0 amide bonds. The van der Waals surface area contributed by atoms with Crippen molar-refractivity contribution in [3.05, 3.63) is 47.5 Å². The maximum atomic E-state index is 5.45. The molecule has 3 heteroatoms. The average molecular weight is 228 g/mol. The van der Waals surface area contributed by atoms with E-state index in [1.807, 2.05) is 12.3 Å². The fourth-order valence-corrected chi connectivity index (χ4v) is 2.79. The van der Waals surface area contributed by atoms with E-state index in [9.17, 15) is 0 Å². The number of hydrogen-bond donors (Lipinski definition) is 1. The number of fused-ring (bicyclic) bond motifs is 1. The molecule has 1 atom stereocenters. The minimum atomic E-state index is 0.441. The molecule has 0 spiro atoms. The van der Waals surface area contributed by atoms with Gasteiger partial charge in [0, 0.05) is 17.8 Å². The van der Waals surface area contributed by atoms with Gasteiger partial charge >= 0.3 is 0 Å². The molecule has 0 unspecified atom stereocenters. The summed E-state index contributed by atoms with van der Waals surface area (Å²) >= 11 is 0. The molecule has 0 fully saturated rings. The van der Waals surface area contributed by atoms with Crippen LogP contribution in [0.4, 0.5) is 0 Å². The van der Waals surface area contributed by atoms with Gasteiger partial charge in [0.05, 0.1) is 13.4 Å². The fourth-order valence-electron chi connectivity index (χ4n) is 2.79. The molecule has 17 heavy (non-hydrogen) atoms. The Morgan fingerprint density at radius 1 is 1.41 bits per heavy atom. The Kier molecular flexibility index (Phi) is 2.59. The highest BCUT2D eigenvalue weighted by atomic mass is 16.5. The Bertz CT molecular complexity index is 505. The van der Waals surface area contributed by atoms with Gasteiger partial charge in [0.2, 0.25) is 0 Å². The Hall–Kier alpha value is -1.77. The number of imidazole rings is 1. The molecule has 1 aliphatic carbocycles. The van der Waals surface area contributed by atoms with Crippen LogP contribution in [0.1, 0.15) is 35.6 Å². The molecule has 0 aliphatic heterocycles. The molecule has 3 rings (SSSR count). The van der Waals surface area contributed by atoms with E-state index in [4.69, 9.17) is 4.74 Å². The normalized spacial score (nSPS) is 18.8. The number of hydrogen-bond acceptors (Lipinski definition) is 2. The molecular formula is C14H16N2O. The largest absolute Gasteiger partial charge is 0.496 e. The van der Waals surface area contributed by atoms with Gasteiger partial charge in [-0.05, 0) is 36.5 Å². The molecule has 3 nitrogen and oxygen atoms in total. The third kappa shape index (κ3) is 1.71. The van der Waals surface area contributed by atoms with E-state index < -0.39 is 0 Å². The summed E-state index contributed by atoms with van der Waals surface area (Å²) in [5.41, 5.74) is 3.96. The van der Waals surface area contributed by atoms with E-state index in [1.165, 1.54) is 29.7 Å². The summed E-state index contributed by atoms with van der Waals surface area (Å²) in [6, 6.07) is 6.34. The van der Waals surface area contributed by atoms with E-state index >= 15 is 0 Å². The highest BCUT2D eigenvalue weighted by molar-refractivity contribution is 5.46. The number of H-pyrrole nitrogens is 1. The first-order valence-corrected chi connectivity index (χ1v) is 6.04. The van der Waals surface area contributed by atoms with Crippen LogP contribution >= 0.6 is 0 Å². The molecule has 0 saturated heterocycles. The summed E-state index contributed by atoms with van der Waals surface area (Å²) in [5.74, 6) is 1.46. The van der Waals surface area contributed by atoms with Gasteiger partial charge in [-0.15, -0.1) is 0 Å². The maximum absolute atomic E-state index is 5.45. The van der Waals surface area contributed by atoms with Gasteiger partial charge in [-0.2, -0.15) is 0 Å². The van der Waals surface area contributed by atoms with E-state index in [0.29, 0.717) is 5.92 Å². The van der Waals surface area contributed by atoms with Crippen molar-refractivity contribution in [3.63, 3.8) is 0 Å². The van der Waals surface area contributed by atoms with Crippen molar-refractivity contribution in [1.82, 2.24) is 9.97 Å². The Labute approximate surface area is 101 Å². The van der Waals surface area contributed by atoms with Crippen LogP contribution in [0.3, 0.4) is 0 Å². The fraction of sp³-hybridized carbons (Fsp3) is 0.357. The SMILES string of the molecule is COc1cccc2c1CCC[C@@H]2c1cnc[nH]1. The number of aromatic amines is 1. The first kappa shape index (κ1) is 10.4. The van der Waals surface area contributed by atoms with Gasteiger partial charge in [0.25, 0.3) is 0 Å². The monoisotopic (exact) mass is 228 g/mol. The second-order valence-corrected chi connectivity index (χ2v) is 4.48. The lowest BCUT2D eigenvalue weighted by Crippen LogP contribution is -2.12. The maximum Gasteiger partial charge on any atom is 0.122 e. The molecule has 1 aromatic heterocycles. The number of nitrogens with one attached hydrogen (secondary N) is 1. The van der Waals surface area contributed by atoms with Gasteiger partial charge in [0.1, 0.15) is 5.75 Å². The highest BCUT2D eigenvalue weighted by Gasteiger charge is 2.24. The van der Waals surface area contributed by atoms with Gasteiger partial charge in [-0.25, -0.2) is 4.98 Å². The van der Waals surface area contributed by atoms with Crippen LogP contribution in [0.15, 0.2) is 30.7 Å². The van der Waals surface area contributed by atoms with Crippen LogP contribution in [0.25, 0.3) is 0 Å². The van der Waals surface area contributed by atoms with Crippen LogP contribution in [-0.4, -0.2) is 17.1 Å². The molecule has 0 bridgehead atoms. The molecule has 88 valence electrons. The average Bonchev–Trinajstić information content (AvgIpc) is 2.91. The summed E-state index contributed by atoms with van der Waals surface area (Å²) in [6.45, 7) is 0. The summed E-state index contributed by atoms with van der Waals surface area (Å²) in [5, 5.41) is 0. The molecule has 2 aromatic rings. The van der Waals surface area contributed by atoms with Crippen LogP contribution in [0.5, 0.6) is 5.75 Å². The summed E-state index contributed by atoms with van der Waals surface area (Å²) in [6.07, 6.45) is 7.19. The number of nitrogens with zero attached hydrogens (tertiary/aromatic N) is 1. The minimum Gasteiger partial charge on any atom is -0.496 e. The van der Waals surface area contributed by atoms with Crippen LogP contribution < -0.4 is 4.74 Å². The zero-order chi connectivity index (χ0) is 11.7. The van der Waals surface area contributed by atoms with Gasteiger partial charge in [-0.3, -0.25) is 0 Å². The van der Waals surface area contributed by atoms with Crippen LogP contribution in [0, 0.1) is 0 Å². The van der Waals surface area contributed by atoms with Crippen molar-refractivity contribution >= 4 is 0 Å². The Balaban J connectivity index is 2.08. The van der Waals surface area contributed by atoms with E-state index in [2.05, 4.69) is 22.1 Å². The quantitative estimate of drug-likeness (QED) is 0.858. The van der Waals surface area contributed by atoms with Crippen molar-refractivity contribution in [2.45, 2.75) is 25.2 Å². The van der Waals surface area contributed by atoms with Gasteiger partial charge in [-0.1, -0.05) is 12.1 Å². The third-order valence-corrected chi connectivity index (χ3v) is 3.58. The van der Waals surface area contributed by atoms with Crippen LogP contribution in [-0.2, 0) is 6.42 Å². The van der Waals surface area contributed by atoms with Crippen LogP contribution in [0.2, 0.25) is 0 Å². The van der Waals surface area contributed by atoms with Crippen molar-refractivity contribution in [2.24, 2.45) is 0 Å². The number of methoxy groups -OCH3 is 1. The standard InChI is InChI=1S/C14H16N2O/c1-17-14-7-3-4-10-11(5-2-6-12(10)14)13-8-15-9-16-13/h3-4,7-9,11H,2,5-6H2,1H3,(H,15,16)/t11-/m0/s1. The molecule has 0 saturated carbocycles. The van der Waals surface area contributed by atoms with E-state index in [-0.39, 0.29) is 0 Å². The molecule has 1 N–H and O–H groups in total. The molecule has 0 radical (unpaired) electrons. The molecular weight excluding hydrogens is 212 g/mol. The van der Waals surface area contributed by atoms with E-state index in [0.717, 1.165) is 12.2 Å². The number of aromatic nitrogens is 2. The molecule has 1 heterocycles. The van der Waals surface area contributed by atoms with Crippen molar-refractivity contribution in [1.29, 1.82) is 0 Å². The Morgan fingerprint density at radius 3 is 3.12 bits per heavy atom. The summed E-state index contributed by atoms with van der Waals surface area (Å²) < 4.78 is 5.45. The van der Waals surface area contributed by atoms with E-state index in [1.54, 1.807) is 13.4 Å². The second kappa shape index (κ2) is 4.24. The minimum absolute atomic E-state index is 0.441. The topological polar surface area (TPSA) is 37.9 Å². The lowest BCUT2D eigenvalue weighted by Gasteiger charge is -2.26. The predicted octanol–water partition coefficient (Wildman–Crippen LogP) is 2.89. The van der Waals surface area contributed by atoms with Gasteiger partial charge < -0.3 is 9.72 Å². The van der Waals surface area contributed by atoms with Gasteiger partial charge in [0.15, 0.2) is 0 Å². The first-order valence-electron chi connectivity index (χ1n) is 6.04. The summed E-state index contributed by atoms with van der Waals surface area (Å²) in [7, 11) is 1.75. The molecule has 1 aliphatic rings. The van der Waals surface area contributed by atoms with Crippen molar-refractivity contribution in [2.75, 3.05) is 7.11 Å². The lowest BCUT2D eigenvalue weighted by molar-refractivity contribution is 0.404. The Morgan fingerprint density at radius 2 is 2.35 bits per heavy atom. The zero-order valence-electron chi connectivity index (χ0n) is 9.94. The number of ether oxygens (including phenoxy) is 1. The summed E-state index contributed by atoms with van der Waals surface area (Å²) in [4.78, 5) is 7.36. The highest BCUT2D eigenvalue weighted by Crippen LogP contribution is 2.39. The molecule has 1 aromatic carbocycles. The zero-order valence-corrected chi connectivity index (χ0v) is 9.94. The predicted molar refractivity (Wildman–Crippen MR) is 66.4 cm³/mol. The lowest BCUT2D eigenvalue weighted by atomic mass is 9.81. The smallest absolute Gasteiger partial charge is 0.122 e. The second-order valence-electron chi connectivity index (χ2n) is 4.48. The first-order chi connectivity index (χ1) is 8.40. The number of benzene rings is 1. The van der Waals surface area contributed by atoms with Crippen molar-refractivity contribution in [3.8, 4) is 5.75 Å². The van der Waals surface area contributed by atoms with Crippen molar-refractivity contribution < 1.29 is 4.74 Å². The number of rotatable bonds is 2. The third-order valence-electron chi connectivity index (χ3n) is 3.58.